The molecule has 2 fully saturated rings. The van der Waals surface area contributed by atoms with Crippen LogP contribution in [0.5, 0.6) is 5.88 Å². The fourth-order valence-electron chi connectivity index (χ4n) is 9.12. The summed E-state index contributed by atoms with van der Waals surface area (Å²) in [5.41, 5.74) is 10.2. The number of likely N-dealkylation sites (N-methyl/N-ethyl adjacent to an activating group) is 1. The lowest BCUT2D eigenvalue weighted by Gasteiger charge is -2.39. The van der Waals surface area contributed by atoms with Crippen LogP contribution in [0.3, 0.4) is 0 Å². The molecule has 0 amide bonds. The van der Waals surface area contributed by atoms with Crippen molar-refractivity contribution >= 4 is 27.5 Å². The number of thiophene rings is 1. The van der Waals surface area contributed by atoms with Crippen molar-refractivity contribution in [1.82, 2.24) is 29.2 Å². The molecule has 4 aliphatic rings. The Hall–Kier alpha value is -3.77. The molecule has 2 saturated heterocycles. The zero-order chi connectivity index (χ0) is 34.2. The average molecular weight is 689 g/mol. The number of imidazole rings is 1. The first-order valence-corrected chi connectivity index (χ1v) is 18.2. The molecule has 0 aromatic carbocycles. The number of nitrogens with two attached hydrogens (primary N) is 1. The van der Waals surface area contributed by atoms with Crippen molar-refractivity contribution in [3.05, 3.63) is 37.7 Å². The maximum atomic E-state index is 14.0. The highest BCUT2D eigenvalue weighted by atomic mass is 32.1. The lowest BCUT2D eigenvalue weighted by molar-refractivity contribution is 0.0257. The molecule has 0 radical (unpaired) electrons. The minimum Gasteiger partial charge on any atom is -0.471 e. The molecular weight excluding hydrogens is 645 g/mol. The van der Waals surface area contributed by atoms with Gasteiger partial charge in [-0.2, -0.15) is 10.2 Å². The van der Waals surface area contributed by atoms with Crippen LogP contribution in [0, 0.1) is 17.2 Å². The van der Waals surface area contributed by atoms with E-state index in [9.17, 15) is 10.1 Å². The van der Waals surface area contributed by atoms with E-state index in [1.165, 1.54) is 16.2 Å². The Bertz CT molecular complexity index is 2020. The van der Waals surface area contributed by atoms with Crippen molar-refractivity contribution in [2.75, 3.05) is 39.6 Å². The largest absolute Gasteiger partial charge is 0.471 e. The van der Waals surface area contributed by atoms with Crippen molar-refractivity contribution in [3.63, 3.8) is 0 Å². The van der Waals surface area contributed by atoms with Crippen LogP contribution in [0.1, 0.15) is 85.7 Å². The zero-order valence-electron chi connectivity index (χ0n) is 28.8. The summed E-state index contributed by atoms with van der Waals surface area (Å²) in [5, 5.41) is 15.5. The van der Waals surface area contributed by atoms with Crippen LogP contribution in [0.2, 0.25) is 0 Å². The molecule has 0 saturated carbocycles. The summed E-state index contributed by atoms with van der Waals surface area (Å²) < 4.78 is 27.9. The third-order valence-electron chi connectivity index (χ3n) is 11.5. The van der Waals surface area contributed by atoms with Crippen molar-refractivity contribution in [2.45, 2.75) is 94.9 Å². The third-order valence-corrected chi connectivity index (χ3v) is 12.5. The molecule has 6 atom stereocenters. The normalized spacial score (nSPS) is 27.7. The maximum absolute atomic E-state index is 14.0. The molecule has 0 unspecified atom stereocenters. The Balaban J connectivity index is 1.29. The second-order valence-electron chi connectivity index (χ2n) is 14.6. The molecule has 4 aromatic rings. The van der Waals surface area contributed by atoms with Crippen molar-refractivity contribution in [1.29, 1.82) is 5.26 Å². The minimum atomic E-state index is -0.449. The van der Waals surface area contributed by atoms with E-state index in [-0.39, 0.29) is 30.0 Å². The van der Waals surface area contributed by atoms with Crippen LogP contribution in [-0.2, 0) is 34.8 Å². The number of ether oxygens (including phenoxy) is 3. The van der Waals surface area contributed by atoms with Gasteiger partial charge >= 0.3 is 5.69 Å². The second kappa shape index (κ2) is 12.2. The average Bonchev–Trinajstić information content (AvgIpc) is 3.84. The van der Waals surface area contributed by atoms with Crippen molar-refractivity contribution in [2.24, 2.45) is 13.0 Å². The quantitative estimate of drug-likeness (QED) is 0.307. The van der Waals surface area contributed by atoms with Gasteiger partial charge < -0.3 is 24.5 Å². The van der Waals surface area contributed by atoms with Gasteiger partial charge in [-0.3, -0.25) is 14.0 Å². The van der Waals surface area contributed by atoms with Gasteiger partial charge in [0.05, 0.1) is 30.0 Å². The highest BCUT2D eigenvalue weighted by Crippen LogP contribution is 2.54. The number of rotatable bonds is 6. The molecule has 49 heavy (non-hydrogen) atoms. The van der Waals surface area contributed by atoms with E-state index in [4.69, 9.17) is 39.6 Å². The van der Waals surface area contributed by atoms with E-state index in [1.807, 2.05) is 6.92 Å². The number of nitriles is 1. The Morgan fingerprint density at radius 1 is 1.16 bits per heavy atom. The van der Waals surface area contributed by atoms with Crippen LogP contribution < -0.4 is 16.2 Å². The third kappa shape index (κ3) is 5.03. The highest BCUT2D eigenvalue weighted by molar-refractivity contribution is 7.16. The summed E-state index contributed by atoms with van der Waals surface area (Å²) >= 11 is 1.53. The van der Waals surface area contributed by atoms with Gasteiger partial charge in [-0.25, -0.2) is 9.78 Å². The molecule has 14 heteroatoms. The maximum Gasteiger partial charge on any atom is 0.330 e. The molecule has 6 heterocycles. The van der Waals surface area contributed by atoms with Gasteiger partial charge in [0.25, 0.3) is 0 Å². The van der Waals surface area contributed by atoms with E-state index >= 15 is 0 Å². The van der Waals surface area contributed by atoms with Gasteiger partial charge in [-0.05, 0) is 76.8 Å². The Morgan fingerprint density at radius 3 is 2.69 bits per heavy atom. The monoisotopic (exact) mass is 688 g/mol. The van der Waals surface area contributed by atoms with Crippen LogP contribution in [0.15, 0.2) is 9.32 Å². The number of hydrogen-bond acceptors (Lipinski definition) is 12. The fourth-order valence-corrected chi connectivity index (χ4v) is 10.3. The van der Waals surface area contributed by atoms with E-state index in [1.54, 1.807) is 23.3 Å². The summed E-state index contributed by atoms with van der Waals surface area (Å²) in [6, 6.07) is 2.31. The van der Waals surface area contributed by atoms with Crippen molar-refractivity contribution in [3.8, 4) is 23.5 Å². The number of methoxy groups -OCH3 is 1. The van der Waals surface area contributed by atoms with Gasteiger partial charge in [-0.1, -0.05) is 12.1 Å². The first-order chi connectivity index (χ1) is 23.6. The molecule has 8 rings (SSSR count). The molecule has 2 aliphatic carbocycles. The topological polar surface area (TPSA) is 159 Å². The molecule has 1 spiro atoms. The van der Waals surface area contributed by atoms with Gasteiger partial charge in [0.15, 0.2) is 11.2 Å². The first-order valence-electron chi connectivity index (χ1n) is 17.4. The number of likely N-dealkylation sites (tertiary alicyclic amines) is 1. The summed E-state index contributed by atoms with van der Waals surface area (Å²) in [4.78, 5) is 27.5. The van der Waals surface area contributed by atoms with E-state index < -0.39 is 5.41 Å². The lowest BCUT2D eigenvalue weighted by Crippen LogP contribution is -2.38. The van der Waals surface area contributed by atoms with Crippen LogP contribution in [0.4, 0.5) is 5.00 Å². The summed E-state index contributed by atoms with van der Waals surface area (Å²) in [6.07, 6.45) is 6.73. The predicted octanol–water partition coefficient (Wildman–Crippen LogP) is 4.34. The Morgan fingerprint density at radius 2 is 1.96 bits per heavy atom. The van der Waals surface area contributed by atoms with Crippen molar-refractivity contribution < 1.29 is 18.7 Å². The smallest absolute Gasteiger partial charge is 0.330 e. The number of aromatic nitrogens is 5. The molecule has 2 aliphatic heterocycles. The van der Waals surface area contributed by atoms with Crippen LogP contribution >= 0.6 is 11.3 Å². The number of nitrogens with zero attached hydrogens (tertiary/aromatic N) is 7. The molecular formula is C35H44N8O5S. The zero-order valence-corrected chi connectivity index (χ0v) is 29.6. The number of anilines is 1. The second-order valence-corrected chi connectivity index (χ2v) is 15.7. The fraction of sp³-hybridized carbons (Fsp3) is 0.629. The minimum absolute atomic E-state index is 0.0934. The predicted molar refractivity (Wildman–Crippen MR) is 184 cm³/mol. The molecule has 13 nitrogen and oxygen atoms in total. The Kier molecular flexibility index (Phi) is 8.09. The van der Waals surface area contributed by atoms with Crippen LogP contribution in [0.25, 0.3) is 22.7 Å². The highest BCUT2D eigenvalue weighted by Gasteiger charge is 2.48. The van der Waals surface area contributed by atoms with Gasteiger partial charge in [-0.15, -0.1) is 11.3 Å². The number of hydrogen-bond donors (Lipinski definition) is 1. The molecule has 4 aromatic heterocycles. The summed E-state index contributed by atoms with van der Waals surface area (Å²) in [7, 11) is 5.57. The lowest BCUT2D eigenvalue weighted by atomic mass is 9.62. The summed E-state index contributed by atoms with van der Waals surface area (Å²) in [5.74, 6) is 1.45. The van der Waals surface area contributed by atoms with Gasteiger partial charge in [0.2, 0.25) is 17.5 Å². The first kappa shape index (κ1) is 32.4. The SMILES string of the molecule is CO[C@@H]1C[C@@H]([C@H](C)Oc2nc(-c3onc4c3CCC[C@@]43CCCc4sc(N)c(C#N)c43)nc3c2n(C)c(=O)n3[C@H]2COC[C@@H](C)C2)N(C)C1. The number of fused-ring (bicyclic) bond motifs is 5. The van der Waals surface area contributed by atoms with Gasteiger partial charge in [0.1, 0.15) is 17.2 Å². The molecule has 0 bridgehead atoms. The van der Waals surface area contributed by atoms with E-state index in [0.29, 0.717) is 58.3 Å². The number of aryl methyl sites for hydroxylation is 2. The van der Waals surface area contributed by atoms with E-state index in [0.717, 1.165) is 74.7 Å². The van der Waals surface area contributed by atoms with E-state index in [2.05, 4.69) is 24.9 Å². The summed E-state index contributed by atoms with van der Waals surface area (Å²) in [6.45, 7) is 6.07. The number of nitrogen functional groups attached to an aromatic ring is 1. The Labute approximate surface area is 288 Å². The van der Waals surface area contributed by atoms with Gasteiger partial charge in [0, 0.05) is 49.2 Å². The van der Waals surface area contributed by atoms with Crippen LogP contribution in [-0.4, -0.2) is 81.3 Å². The molecule has 2 N–H and O–H groups in total. The standard InChI is InChI=1S/C35H44N8O5S/c1-18-12-20(17-46-16-18)43-32-27(42(4)34(43)44)33(47-19(2)24-13-21(45-5)15-41(24)3)39-31(38-32)28-22-8-6-10-35(29(22)40-48-28)11-7-9-25-26(35)23(14-36)30(37)49-25/h18-21,24H,6-13,15-17,37H2,1-5H3/t18-,19-,20+,21+,24-,35-/m0/s1. The molecule has 260 valence electrons.